The summed E-state index contributed by atoms with van der Waals surface area (Å²) < 4.78 is 10.8. The quantitative estimate of drug-likeness (QED) is 0.653. The lowest BCUT2D eigenvalue weighted by atomic mass is 10.3. The molecule has 24 heavy (non-hydrogen) atoms. The van der Waals surface area contributed by atoms with Gasteiger partial charge in [0.25, 0.3) is 11.1 Å². The zero-order valence-corrected chi connectivity index (χ0v) is 14.4. The van der Waals surface area contributed by atoms with Gasteiger partial charge in [-0.25, -0.2) is 0 Å². The van der Waals surface area contributed by atoms with Crippen LogP contribution in [0.5, 0.6) is 0 Å². The summed E-state index contributed by atoms with van der Waals surface area (Å²) in [5, 5.41) is 11.7. The van der Waals surface area contributed by atoms with Gasteiger partial charge in [-0.05, 0) is 31.2 Å². The zero-order chi connectivity index (χ0) is 16.9. The second kappa shape index (κ2) is 7.55. The number of thioether (sulfide) groups is 1. The van der Waals surface area contributed by atoms with Crippen molar-refractivity contribution in [2.24, 2.45) is 0 Å². The summed E-state index contributed by atoms with van der Waals surface area (Å²) in [6.07, 6.45) is 1.89. The summed E-state index contributed by atoms with van der Waals surface area (Å²) in [7, 11) is 0. The molecule has 1 aromatic carbocycles. The fourth-order valence-corrected chi connectivity index (χ4v) is 2.89. The molecule has 8 heteroatoms. The Morgan fingerprint density at radius 2 is 2.21 bits per heavy atom. The van der Waals surface area contributed by atoms with E-state index in [4.69, 9.17) is 20.4 Å². The van der Waals surface area contributed by atoms with E-state index in [0.717, 1.165) is 11.3 Å². The van der Waals surface area contributed by atoms with E-state index >= 15 is 0 Å². The summed E-state index contributed by atoms with van der Waals surface area (Å²) in [4.78, 5) is 11.9. The number of hydrogen-bond donors (Lipinski definition) is 1. The van der Waals surface area contributed by atoms with Gasteiger partial charge in [-0.15, -0.1) is 10.2 Å². The number of anilines is 1. The van der Waals surface area contributed by atoms with Gasteiger partial charge in [-0.1, -0.05) is 29.4 Å². The molecule has 2 heterocycles. The number of carbonyl (C=O) groups excluding carboxylic acids is 1. The summed E-state index contributed by atoms with van der Waals surface area (Å²) in [6, 6.07) is 8.79. The Bertz CT molecular complexity index is 846. The highest BCUT2D eigenvalue weighted by atomic mass is 35.5. The molecule has 0 radical (unpaired) electrons. The Hall–Kier alpha value is -2.25. The van der Waals surface area contributed by atoms with Crippen molar-refractivity contribution in [1.29, 1.82) is 0 Å². The predicted molar refractivity (Wildman–Crippen MR) is 92.2 cm³/mol. The third-order valence-electron chi connectivity index (χ3n) is 3.16. The van der Waals surface area contributed by atoms with Crippen LogP contribution in [0.2, 0.25) is 5.02 Å². The summed E-state index contributed by atoms with van der Waals surface area (Å²) in [5.74, 6) is 1.55. The zero-order valence-electron chi connectivity index (χ0n) is 12.8. The van der Waals surface area contributed by atoms with Crippen molar-refractivity contribution in [2.45, 2.75) is 18.6 Å². The maximum absolute atomic E-state index is 11.9. The lowest BCUT2D eigenvalue weighted by molar-refractivity contribution is -0.115. The Kier molecular flexibility index (Phi) is 5.22. The van der Waals surface area contributed by atoms with Crippen LogP contribution in [0.1, 0.15) is 12.2 Å². The fourth-order valence-electron chi connectivity index (χ4n) is 2.00. The van der Waals surface area contributed by atoms with Gasteiger partial charge >= 0.3 is 0 Å². The number of nitrogens with zero attached hydrogens (tertiary/aromatic N) is 2. The van der Waals surface area contributed by atoms with Gasteiger partial charge in [0.05, 0.1) is 11.8 Å². The molecule has 124 valence electrons. The molecule has 0 saturated heterocycles. The third-order valence-corrected chi connectivity index (χ3v) is 4.21. The molecule has 2 aromatic heterocycles. The molecule has 3 aromatic rings. The first kappa shape index (κ1) is 16.6. The van der Waals surface area contributed by atoms with E-state index in [1.165, 1.54) is 11.8 Å². The first-order valence-electron chi connectivity index (χ1n) is 7.18. The second-order valence-electron chi connectivity index (χ2n) is 4.92. The molecule has 0 bridgehead atoms. The van der Waals surface area contributed by atoms with Crippen molar-refractivity contribution in [1.82, 2.24) is 10.2 Å². The van der Waals surface area contributed by atoms with Gasteiger partial charge in [0.15, 0.2) is 0 Å². The number of aryl methyl sites for hydroxylation is 1. The summed E-state index contributed by atoms with van der Waals surface area (Å²) in [6.45, 7) is 1.83. The molecule has 0 fully saturated rings. The van der Waals surface area contributed by atoms with E-state index in [-0.39, 0.29) is 5.91 Å². The van der Waals surface area contributed by atoms with Crippen molar-refractivity contribution in [2.75, 3.05) is 11.1 Å². The van der Waals surface area contributed by atoms with Crippen LogP contribution in [0.25, 0.3) is 11.5 Å². The van der Waals surface area contributed by atoms with Crippen LogP contribution in [-0.2, 0) is 4.79 Å². The molecule has 0 aliphatic rings. The van der Waals surface area contributed by atoms with Crippen molar-refractivity contribution >= 4 is 35.0 Å². The molecule has 6 nitrogen and oxygen atoms in total. The van der Waals surface area contributed by atoms with E-state index in [1.807, 2.05) is 6.92 Å². The van der Waals surface area contributed by atoms with Crippen LogP contribution < -0.4 is 5.32 Å². The lowest BCUT2D eigenvalue weighted by Crippen LogP contribution is -2.12. The average Bonchev–Trinajstić information content (AvgIpc) is 3.16. The van der Waals surface area contributed by atoms with E-state index < -0.39 is 0 Å². The Labute approximate surface area is 147 Å². The Morgan fingerprint density at radius 3 is 2.96 bits per heavy atom. The number of benzene rings is 1. The SMILES string of the molecule is Cc1occc1-c1nnc(SCCC(=O)Nc2cccc(Cl)c2)o1. The van der Waals surface area contributed by atoms with Crippen LogP contribution in [0.15, 0.2) is 50.7 Å². The maximum atomic E-state index is 11.9. The number of carbonyl (C=O) groups is 1. The van der Waals surface area contributed by atoms with E-state index in [2.05, 4.69) is 15.5 Å². The van der Waals surface area contributed by atoms with E-state index in [0.29, 0.717) is 34.0 Å². The number of halogens is 1. The Balaban J connectivity index is 1.49. The second-order valence-corrected chi connectivity index (χ2v) is 6.40. The van der Waals surface area contributed by atoms with Crippen LogP contribution in [0, 0.1) is 6.92 Å². The predicted octanol–water partition coefficient (Wildman–Crippen LogP) is 4.41. The van der Waals surface area contributed by atoms with Crippen LogP contribution >= 0.6 is 23.4 Å². The number of furan rings is 1. The van der Waals surface area contributed by atoms with Gasteiger partial charge in [0.2, 0.25) is 5.91 Å². The maximum Gasteiger partial charge on any atom is 0.276 e. The average molecular weight is 364 g/mol. The molecule has 0 atom stereocenters. The van der Waals surface area contributed by atoms with E-state index in [9.17, 15) is 4.79 Å². The van der Waals surface area contributed by atoms with Crippen LogP contribution in [0.4, 0.5) is 5.69 Å². The topological polar surface area (TPSA) is 81.2 Å². The minimum Gasteiger partial charge on any atom is -0.469 e. The normalized spacial score (nSPS) is 10.8. The number of amides is 1. The smallest absolute Gasteiger partial charge is 0.276 e. The number of rotatable bonds is 6. The van der Waals surface area contributed by atoms with Gasteiger partial charge in [-0.2, -0.15) is 0 Å². The van der Waals surface area contributed by atoms with Gasteiger partial charge < -0.3 is 14.2 Å². The van der Waals surface area contributed by atoms with E-state index in [1.54, 1.807) is 36.6 Å². The number of hydrogen-bond acceptors (Lipinski definition) is 6. The molecule has 1 N–H and O–H groups in total. The van der Waals surface area contributed by atoms with Crippen molar-refractivity contribution < 1.29 is 13.6 Å². The van der Waals surface area contributed by atoms with Crippen LogP contribution in [0.3, 0.4) is 0 Å². The molecular weight excluding hydrogens is 350 g/mol. The van der Waals surface area contributed by atoms with Crippen molar-refractivity contribution in [3.05, 3.63) is 47.4 Å². The molecule has 0 unspecified atom stereocenters. The standard InChI is InChI=1S/C16H14ClN3O3S/c1-10-13(5-7-22-10)15-19-20-16(23-15)24-8-6-14(21)18-12-4-2-3-11(17)9-12/h2-5,7,9H,6,8H2,1H3,(H,18,21). The summed E-state index contributed by atoms with van der Waals surface area (Å²) >= 11 is 7.21. The lowest BCUT2D eigenvalue weighted by Gasteiger charge is -2.04. The van der Waals surface area contributed by atoms with Crippen molar-refractivity contribution in [3.8, 4) is 11.5 Å². The largest absolute Gasteiger partial charge is 0.469 e. The summed E-state index contributed by atoms with van der Waals surface area (Å²) in [5.41, 5.74) is 1.45. The molecule has 1 amide bonds. The molecule has 0 aliphatic heterocycles. The Morgan fingerprint density at radius 1 is 1.33 bits per heavy atom. The van der Waals surface area contributed by atoms with Crippen molar-refractivity contribution in [3.63, 3.8) is 0 Å². The van der Waals surface area contributed by atoms with Gasteiger partial charge in [0, 0.05) is 22.9 Å². The molecule has 0 aliphatic carbocycles. The minimum atomic E-state index is -0.102. The van der Waals surface area contributed by atoms with Gasteiger partial charge in [-0.3, -0.25) is 4.79 Å². The molecule has 0 spiro atoms. The number of nitrogens with one attached hydrogen (secondary N) is 1. The highest BCUT2D eigenvalue weighted by Gasteiger charge is 2.13. The number of aromatic nitrogens is 2. The fraction of sp³-hybridized carbons (Fsp3) is 0.188. The molecular formula is C16H14ClN3O3S. The minimum absolute atomic E-state index is 0.102. The highest BCUT2D eigenvalue weighted by molar-refractivity contribution is 7.99. The third kappa shape index (κ3) is 4.18. The molecule has 0 saturated carbocycles. The first-order valence-corrected chi connectivity index (χ1v) is 8.54. The molecule has 3 rings (SSSR count). The monoisotopic (exact) mass is 363 g/mol. The highest BCUT2D eigenvalue weighted by Crippen LogP contribution is 2.26. The first-order chi connectivity index (χ1) is 11.6. The van der Waals surface area contributed by atoms with Crippen LogP contribution in [-0.4, -0.2) is 21.9 Å². The van der Waals surface area contributed by atoms with Gasteiger partial charge in [0.1, 0.15) is 5.76 Å².